The van der Waals surface area contributed by atoms with Crippen molar-refractivity contribution in [3.05, 3.63) is 29.6 Å². The van der Waals surface area contributed by atoms with Crippen molar-refractivity contribution in [3.8, 4) is 0 Å². The maximum atomic E-state index is 12.2. The van der Waals surface area contributed by atoms with Crippen molar-refractivity contribution in [1.29, 1.82) is 0 Å². The lowest BCUT2D eigenvalue weighted by Gasteiger charge is -2.45. The molecule has 1 amide bonds. The molecule has 18 heavy (non-hydrogen) atoms. The second-order valence-corrected chi connectivity index (χ2v) is 5.64. The van der Waals surface area contributed by atoms with Crippen molar-refractivity contribution < 1.29 is 4.79 Å². The molecule has 0 radical (unpaired) electrons. The number of nitrogens with zero attached hydrogens (tertiary/aromatic N) is 3. The van der Waals surface area contributed by atoms with Crippen LogP contribution >= 0.6 is 0 Å². The van der Waals surface area contributed by atoms with Crippen molar-refractivity contribution in [2.75, 3.05) is 33.7 Å². The normalized spacial score (nSPS) is 23.2. The zero-order valence-electron chi connectivity index (χ0n) is 11.0. The number of hydrogen-bond donors (Lipinski definition) is 0. The highest BCUT2D eigenvalue weighted by atomic mass is 16.2. The van der Waals surface area contributed by atoms with Gasteiger partial charge in [0.05, 0.1) is 11.3 Å². The largest absolute Gasteiger partial charge is 0.341 e. The molecule has 4 nitrogen and oxygen atoms in total. The summed E-state index contributed by atoms with van der Waals surface area (Å²) in [5, 5.41) is 0. The number of pyridine rings is 1. The Hall–Kier alpha value is -1.42. The second-order valence-electron chi connectivity index (χ2n) is 5.64. The molecule has 0 saturated carbocycles. The molecule has 0 atom stereocenters. The van der Waals surface area contributed by atoms with E-state index < -0.39 is 0 Å². The molecule has 0 aliphatic carbocycles. The van der Waals surface area contributed by atoms with Gasteiger partial charge in [-0.3, -0.25) is 9.78 Å². The van der Waals surface area contributed by atoms with Gasteiger partial charge < -0.3 is 9.80 Å². The lowest BCUT2D eigenvalue weighted by molar-refractivity contribution is 0.0650. The van der Waals surface area contributed by atoms with E-state index in [1.54, 1.807) is 0 Å². The number of aromatic nitrogens is 1. The average Bonchev–Trinajstić information content (AvgIpc) is 2.40. The summed E-state index contributed by atoms with van der Waals surface area (Å²) in [7, 11) is 4.06. The molecule has 96 valence electrons. The number of likely N-dealkylation sites (N-methyl/N-ethyl adjacent to an activating group) is 1. The summed E-state index contributed by atoms with van der Waals surface area (Å²) >= 11 is 0. The Morgan fingerprint density at radius 2 is 2.00 bits per heavy atom. The van der Waals surface area contributed by atoms with Gasteiger partial charge in [0.25, 0.3) is 5.91 Å². The molecule has 1 fully saturated rings. The van der Waals surface area contributed by atoms with Crippen LogP contribution in [0.3, 0.4) is 0 Å². The topological polar surface area (TPSA) is 36.4 Å². The zero-order chi connectivity index (χ0) is 12.8. The summed E-state index contributed by atoms with van der Waals surface area (Å²) in [6.07, 6.45) is 3.99. The van der Waals surface area contributed by atoms with Gasteiger partial charge in [-0.25, -0.2) is 0 Å². The first kappa shape index (κ1) is 11.7. The van der Waals surface area contributed by atoms with Crippen LogP contribution in [0.4, 0.5) is 0 Å². The molecule has 0 N–H and O–H groups in total. The number of amides is 1. The summed E-state index contributed by atoms with van der Waals surface area (Å²) in [6.45, 7) is 2.97. The van der Waals surface area contributed by atoms with E-state index in [1.165, 1.54) is 0 Å². The molecule has 1 spiro atoms. The quantitative estimate of drug-likeness (QED) is 0.687. The van der Waals surface area contributed by atoms with Crippen LogP contribution in [0.2, 0.25) is 0 Å². The maximum absolute atomic E-state index is 12.2. The minimum absolute atomic E-state index is 0.0752. The van der Waals surface area contributed by atoms with Crippen molar-refractivity contribution in [1.82, 2.24) is 14.8 Å². The Labute approximate surface area is 108 Å². The third-order valence-corrected chi connectivity index (χ3v) is 4.37. The lowest BCUT2D eigenvalue weighted by Crippen LogP contribution is -2.53. The van der Waals surface area contributed by atoms with Crippen LogP contribution in [0, 0.1) is 0 Å². The number of carbonyl (C=O) groups is 1. The van der Waals surface area contributed by atoms with E-state index in [-0.39, 0.29) is 11.3 Å². The van der Waals surface area contributed by atoms with Crippen molar-refractivity contribution in [2.45, 2.75) is 18.3 Å². The summed E-state index contributed by atoms with van der Waals surface area (Å²) in [5.74, 6) is 0.114. The van der Waals surface area contributed by atoms with Crippen molar-refractivity contribution >= 4 is 5.91 Å². The monoisotopic (exact) mass is 245 g/mol. The third-order valence-electron chi connectivity index (χ3n) is 4.37. The van der Waals surface area contributed by atoms with E-state index in [0.29, 0.717) is 0 Å². The molecule has 3 heterocycles. The van der Waals surface area contributed by atoms with Crippen LogP contribution in [0.5, 0.6) is 0 Å². The van der Waals surface area contributed by atoms with E-state index in [4.69, 9.17) is 0 Å². The summed E-state index contributed by atoms with van der Waals surface area (Å²) in [5.41, 5.74) is 1.91. The van der Waals surface area contributed by atoms with Crippen molar-refractivity contribution in [2.24, 2.45) is 0 Å². The fourth-order valence-corrected chi connectivity index (χ4v) is 3.25. The molecule has 2 aliphatic heterocycles. The summed E-state index contributed by atoms with van der Waals surface area (Å²) in [4.78, 5) is 20.9. The average molecular weight is 245 g/mol. The van der Waals surface area contributed by atoms with Gasteiger partial charge in [0.2, 0.25) is 0 Å². The minimum atomic E-state index is 0.0752. The maximum Gasteiger partial charge on any atom is 0.255 e. The molecule has 1 saturated heterocycles. The number of rotatable bonds is 0. The number of piperidine rings is 1. The van der Waals surface area contributed by atoms with Gasteiger partial charge in [0.1, 0.15) is 0 Å². The molecule has 4 heteroatoms. The molecule has 1 aromatic heterocycles. The van der Waals surface area contributed by atoms with Crippen LogP contribution in [0.15, 0.2) is 18.3 Å². The molecular formula is C14H19N3O. The SMILES string of the molecule is CN1CCC2(CC1)CN(C)C(=O)c1cccnc12. The molecule has 2 aliphatic rings. The predicted molar refractivity (Wildman–Crippen MR) is 69.6 cm³/mol. The Balaban J connectivity index is 2.06. The fourth-order valence-electron chi connectivity index (χ4n) is 3.25. The van der Waals surface area contributed by atoms with Gasteiger partial charge in [0.15, 0.2) is 0 Å². The smallest absolute Gasteiger partial charge is 0.255 e. The Kier molecular flexibility index (Phi) is 2.63. The van der Waals surface area contributed by atoms with Gasteiger partial charge in [-0.2, -0.15) is 0 Å². The molecule has 0 unspecified atom stereocenters. The summed E-state index contributed by atoms with van der Waals surface area (Å²) in [6, 6.07) is 3.78. The number of fused-ring (bicyclic) bond motifs is 2. The Morgan fingerprint density at radius 1 is 1.28 bits per heavy atom. The molecule has 0 aromatic carbocycles. The first-order chi connectivity index (χ1) is 8.62. The van der Waals surface area contributed by atoms with Gasteiger partial charge in [-0.1, -0.05) is 0 Å². The highest BCUT2D eigenvalue weighted by Gasteiger charge is 2.44. The third kappa shape index (κ3) is 1.63. The highest BCUT2D eigenvalue weighted by molar-refractivity contribution is 5.96. The van der Waals surface area contributed by atoms with Crippen LogP contribution in [-0.2, 0) is 5.41 Å². The standard InChI is InChI=1S/C14H19N3O/c1-16-8-5-14(6-9-16)10-17(2)13(18)11-4-3-7-15-12(11)14/h3-4,7H,5-6,8-10H2,1-2H3. The zero-order valence-corrected chi connectivity index (χ0v) is 11.0. The number of likely N-dealkylation sites (tertiary alicyclic amines) is 1. The van der Waals surface area contributed by atoms with Crippen LogP contribution in [0.1, 0.15) is 28.9 Å². The highest BCUT2D eigenvalue weighted by Crippen LogP contribution is 2.39. The van der Waals surface area contributed by atoms with Crippen LogP contribution in [-0.4, -0.2) is 54.4 Å². The minimum Gasteiger partial charge on any atom is -0.341 e. The first-order valence-electron chi connectivity index (χ1n) is 6.52. The molecular weight excluding hydrogens is 226 g/mol. The lowest BCUT2D eigenvalue weighted by atomic mass is 9.71. The van der Waals surface area contributed by atoms with Crippen LogP contribution < -0.4 is 0 Å². The fraction of sp³-hybridized carbons (Fsp3) is 0.571. The second kappa shape index (κ2) is 4.05. The van der Waals surface area contributed by atoms with Gasteiger partial charge in [-0.15, -0.1) is 0 Å². The van der Waals surface area contributed by atoms with E-state index in [2.05, 4.69) is 16.9 Å². The Morgan fingerprint density at radius 3 is 2.72 bits per heavy atom. The predicted octanol–water partition coefficient (Wildman–Crippen LogP) is 1.13. The van der Waals surface area contributed by atoms with E-state index in [9.17, 15) is 4.79 Å². The van der Waals surface area contributed by atoms with E-state index in [1.807, 2.05) is 30.3 Å². The van der Waals surface area contributed by atoms with Crippen molar-refractivity contribution in [3.63, 3.8) is 0 Å². The Bertz CT molecular complexity index is 478. The summed E-state index contributed by atoms with van der Waals surface area (Å²) < 4.78 is 0. The van der Waals surface area contributed by atoms with Gasteiger partial charge in [-0.05, 0) is 45.1 Å². The molecule has 1 aromatic rings. The number of carbonyl (C=O) groups excluding carboxylic acids is 1. The van der Waals surface area contributed by atoms with E-state index >= 15 is 0 Å². The van der Waals surface area contributed by atoms with Gasteiger partial charge in [0, 0.05) is 25.2 Å². The first-order valence-corrected chi connectivity index (χ1v) is 6.52. The van der Waals surface area contributed by atoms with E-state index in [0.717, 1.165) is 43.7 Å². The molecule has 3 rings (SSSR count). The number of hydrogen-bond acceptors (Lipinski definition) is 3. The van der Waals surface area contributed by atoms with Crippen LogP contribution in [0.25, 0.3) is 0 Å². The van der Waals surface area contributed by atoms with Gasteiger partial charge >= 0.3 is 0 Å². The molecule has 0 bridgehead atoms.